The first-order chi connectivity index (χ1) is 14.3. The Labute approximate surface area is 182 Å². The summed E-state index contributed by atoms with van der Waals surface area (Å²) in [4.78, 5) is 9.58. The summed E-state index contributed by atoms with van der Waals surface area (Å²) in [5, 5.41) is 6.77. The molecule has 0 radical (unpaired) electrons. The van der Waals surface area contributed by atoms with E-state index in [1.54, 1.807) is 22.7 Å². The third kappa shape index (κ3) is 3.87. The number of hydrogen-bond acceptors (Lipinski definition) is 4. The maximum absolute atomic E-state index is 5.98. The number of aromatic nitrogens is 2. The van der Waals surface area contributed by atoms with Crippen LogP contribution in [0.15, 0.2) is 89.6 Å². The minimum Gasteiger partial charge on any atom is -0.233 e. The minimum absolute atomic E-state index is 0.729. The van der Waals surface area contributed by atoms with Gasteiger partial charge in [-0.2, -0.15) is 0 Å². The summed E-state index contributed by atoms with van der Waals surface area (Å²) in [6.07, 6.45) is 0. The number of hydrogen-bond donors (Lipinski definition) is 0. The first-order valence-electron chi connectivity index (χ1n) is 9.09. The molecule has 0 aliphatic carbocycles. The Bertz CT molecular complexity index is 1240. The predicted molar refractivity (Wildman–Crippen MR) is 125 cm³/mol. The van der Waals surface area contributed by atoms with Gasteiger partial charge >= 0.3 is 0 Å². The average molecular weight is 431 g/mol. The number of rotatable bonds is 4. The van der Waals surface area contributed by atoms with Gasteiger partial charge in [-0.25, -0.2) is 9.97 Å². The van der Waals surface area contributed by atoms with Gasteiger partial charge in [-0.1, -0.05) is 78.3 Å². The predicted octanol–water partition coefficient (Wildman–Crippen LogP) is 7.92. The van der Waals surface area contributed by atoms with Gasteiger partial charge in [0, 0.05) is 26.9 Å². The second-order valence-corrected chi connectivity index (χ2v) is 8.68. The van der Waals surface area contributed by atoms with Gasteiger partial charge in [0.15, 0.2) is 10.0 Å². The molecule has 0 aliphatic heterocycles. The highest BCUT2D eigenvalue weighted by Gasteiger charge is 2.12. The van der Waals surface area contributed by atoms with E-state index in [9.17, 15) is 0 Å². The molecule has 0 aliphatic rings. The Morgan fingerprint density at radius 3 is 1.52 bits per heavy atom. The lowest BCUT2D eigenvalue weighted by molar-refractivity contribution is 1.35. The van der Waals surface area contributed by atoms with Gasteiger partial charge in [-0.3, -0.25) is 0 Å². The maximum Gasteiger partial charge on any atom is 0.152 e. The van der Waals surface area contributed by atoms with Crippen molar-refractivity contribution in [3.05, 3.63) is 94.6 Å². The van der Waals surface area contributed by atoms with Gasteiger partial charge in [0.2, 0.25) is 0 Å². The Hall–Kier alpha value is -2.79. The molecule has 0 spiro atoms. The lowest BCUT2D eigenvalue weighted by atomic mass is 10.0. The fourth-order valence-corrected chi connectivity index (χ4v) is 4.93. The van der Waals surface area contributed by atoms with E-state index < -0.39 is 0 Å². The van der Waals surface area contributed by atoms with Crippen LogP contribution in [0, 0.1) is 0 Å². The highest BCUT2D eigenvalue weighted by atomic mass is 35.5. The van der Waals surface area contributed by atoms with E-state index in [-0.39, 0.29) is 0 Å². The van der Waals surface area contributed by atoms with Crippen molar-refractivity contribution in [2.45, 2.75) is 0 Å². The zero-order chi connectivity index (χ0) is 19.6. The molecule has 0 bridgehead atoms. The quantitative estimate of drug-likeness (QED) is 0.289. The molecule has 5 rings (SSSR count). The molecule has 5 aromatic rings. The van der Waals surface area contributed by atoms with Gasteiger partial charge in [0.05, 0.1) is 11.4 Å². The molecule has 0 unspecified atom stereocenters. The minimum atomic E-state index is 0.729. The van der Waals surface area contributed by atoms with Gasteiger partial charge in [0.1, 0.15) is 0 Å². The Balaban J connectivity index is 1.39. The molecule has 0 fully saturated rings. The van der Waals surface area contributed by atoms with E-state index in [0.29, 0.717) is 0 Å². The van der Waals surface area contributed by atoms with Crippen LogP contribution in [-0.2, 0) is 0 Å². The molecule has 0 amide bonds. The van der Waals surface area contributed by atoms with E-state index >= 15 is 0 Å². The Morgan fingerprint density at radius 1 is 0.517 bits per heavy atom. The zero-order valence-electron chi connectivity index (χ0n) is 15.2. The number of benzene rings is 3. The number of thiazole rings is 2. The van der Waals surface area contributed by atoms with Crippen molar-refractivity contribution in [3.63, 3.8) is 0 Å². The maximum atomic E-state index is 5.98. The second kappa shape index (κ2) is 7.91. The van der Waals surface area contributed by atoms with Crippen LogP contribution >= 0.6 is 34.3 Å². The number of halogens is 1. The average Bonchev–Trinajstić information content (AvgIpc) is 3.45. The summed E-state index contributed by atoms with van der Waals surface area (Å²) in [5.41, 5.74) is 6.53. The molecule has 0 atom stereocenters. The summed E-state index contributed by atoms with van der Waals surface area (Å²) in [6, 6.07) is 26.7. The van der Waals surface area contributed by atoms with Gasteiger partial charge in [-0.15, -0.1) is 22.7 Å². The van der Waals surface area contributed by atoms with Gasteiger partial charge in [-0.05, 0) is 23.3 Å². The molecule has 0 N–H and O–H groups in total. The molecule has 0 saturated heterocycles. The van der Waals surface area contributed by atoms with Crippen molar-refractivity contribution < 1.29 is 0 Å². The third-order valence-electron chi connectivity index (χ3n) is 4.62. The van der Waals surface area contributed by atoms with E-state index in [1.165, 1.54) is 11.1 Å². The largest absolute Gasteiger partial charge is 0.233 e. The molecule has 0 saturated carbocycles. The standard InChI is InChI=1S/C24H15ClN2S2/c25-20-12-10-19(11-13-20)22-15-29-24(27-22)23-26-21(14-28-23)18-8-6-17(7-9-18)16-4-2-1-3-5-16/h1-15H. The Morgan fingerprint density at radius 2 is 0.966 bits per heavy atom. The molecule has 29 heavy (non-hydrogen) atoms. The highest BCUT2D eigenvalue weighted by molar-refractivity contribution is 7.20. The number of nitrogens with zero attached hydrogens (tertiary/aromatic N) is 2. The molecular formula is C24H15ClN2S2. The lowest BCUT2D eigenvalue weighted by Crippen LogP contribution is -1.82. The second-order valence-electron chi connectivity index (χ2n) is 6.53. The molecule has 5 heteroatoms. The van der Waals surface area contributed by atoms with Crippen LogP contribution in [0.25, 0.3) is 43.7 Å². The third-order valence-corrected chi connectivity index (χ3v) is 6.70. The van der Waals surface area contributed by atoms with E-state index in [0.717, 1.165) is 37.6 Å². The van der Waals surface area contributed by atoms with Crippen LogP contribution in [0.5, 0.6) is 0 Å². The fraction of sp³-hybridized carbons (Fsp3) is 0. The van der Waals surface area contributed by atoms with Crippen LogP contribution in [0.4, 0.5) is 0 Å². The van der Waals surface area contributed by atoms with Crippen molar-refractivity contribution in [1.82, 2.24) is 9.97 Å². The van der Waals surface area contributed by atoms with Crippen molar-refractivity contribution in [3.8, 4) is 43.7 Å². The van der Waals surface area contributed by atoms with Crippen LogP contribution < -0.4 is 0 Å². The Kier molecular flexibility index (Phi) is 4.98. The van der Waals surface area contributed by atoms with Crippen molar-refractivity contribution in [2.24, 2.45) is 0 Å². The molecule has 3 aromatic carbocycles. The smallest absolute Gasteiger partial charge is 0.152 e. The lowest BCUT2D eigenvalue weighted by Gasteiger charge is -2.02. The fourth-order valence-electron chi connectivity index (χ4n) is 3.09. The normalized spacial score (nSPS) is 10.9. The summed E-state index contributed by atoms with van der Waals surface area (Å²) in [7, 11) is 0. The summed E-state index contributed by atoms with van der Waals surface area (Å²) in [5.74, 6) is 0. The summed E-state index contributed by atoms with van der Waals surface area (Å²) >= 11 is 9.22. The molecule has 2 nitrogen and oxygen atoms in total. The van der Waals surface area contributed by atoms with E-state index in [2.05, 4.69) is 59.3 Å². The van der Waals surface area contributed by atoms with Crippen molar-refractivity contribution in [2.75, 3.05) is 0 Å². The first kappa shape index (κ1) is 18.3. The molecule has 2 aromatic heterocycles. The first-order valence-corrected chi connectivity index (χ1v) is 11.2. The van der Waals surface area contributed by atoms with Gasteiger partial charge in [0.25, 0.3) is 0 Å². The van der Waals surface area contributed by atoms with Crippen LogP contribution in [0.1, 0.15) is 0 Å². The highest BCUT2D eigenvalue weighted by Crippen LogP contribution is 2.34. The topological polar surface area (TPSA) is 25.8 Å². The SMILES string of the molecule is Clc1ccc(-c2csc(-c3nc(-c4ccc(-c5ccccc5)cc4)cs3)n2)cc1. The van der Waals surface area contributed by atoms with Crippen LogP contribution in [-0.4, -0.2) is 9.97 Å². The molecule has 140 valence electrons. The van der Waals surface area contributed by atoms with Gasteiger partial charge < -0.3 is 0 Å². The van der Waals surface area contributed by atoms with Crippen LogP contribution in [0.3, 0.4) is 0 Å². The van der Waals surface area contributed by atoms with E-state index in [1.807, 2.05) is 30.3 Å². The molecule has 2 heterocycles. The van der Waals surface area contributed by atoms with Crippen LogP contribution in [0.2, 0.25) is 5.02 Å². The monoisotopic (exact) mass is 430 g/mol. The van der Waals surface area contributed by atoms with Crippen molar-refractivity contribution >= 4 is 34.3 Å². The van der Waals surface area contributed by atoms with E-state index in [4.69, 9.17) is 21.6 Å². The molecular weight excluding hydrogens is 416 g/mol. The zero-order valence-corrected chi connectivity index (χ0v) is 17.6. The summed E-state index contributed by atoms with van der Waals surface area (Å²) < 4.78 is 0. The summed E-state index contributed by atoms with van der Waals surface area (Å²) in [6.45, 7) is 0. The van der Waals surface area contributed by atoms with Crippen molar-refractivity contribution in [1.29, 1.82) is 0 Å².